The molecule has 132 valence electrons. The van der Waals surface area contributed by atoms with E-state index in [1.54, 1.807) is 12.1 Å². The van der Waals surface area contributed by atoms with E-state index in [2.05, 4.69) is 0 Å². The number of primary amides is 1. The summed E-state index contributed by atoms with van der Waals surface area (Å²) >= 11 is 0. The summed E-state index contributed by atoms with van der Waals surface area (Å²) < 4.78 is 18.6. The zero-order valence-corrected chi connectivity index (χ0v) is 14.4. The lowest BCUT2D eigenvalue weighted by Crippen LogP contribution is -2.46. The molecule has 0 aliphatic carbocycles. The van der Waals surface area contributed by atoms with Crippen LogP contribution in [0.5, 0.6) is 0 Å². The van der Waals surface area contributed by atoms with Crippen LogP contribution in [0.2, 0.25) is 0 Å². The monoisotopic (exact) mass is 336 g/mol. The predicted molar refractivity (Wildman–Crippen MR) is 88.5 cm³/mol. The Morgan fingerprint density at radius 3 is 2.46 bits per heavy atom. The lowest BCUT2D eigenvalue weighted by Gasteiger charge is -2.37. The fourth-order valence-electron chi connectivity index (χ4n) is 3.02. The second-order valence-corrected chi connectivity index (χ2v) is 7.22. The fraction of sp³-hybridized carbons (Fsp3) is 0.556. The second kappa shape index (κ2) is 7.30. The number of carbonyl (C=O) groups excluding carboxylic acids is 2. The van der Waals surface area contributed by atoms with Crippen LogP contribution >= 0.6 is 0 Å². The molecule has 6 heteroatoms. The van der Waals surface area contributed by atoms with E-state index in [1.165, 1.54) is 12.1 Å². The van der Waals surface area contributed by atoms with Gasteiger partial charge in [0.2, 0.25) is 5.91 Å². The number of halogens is 1. The maximum atomic E-state index is 13.1. The molecule has 1 aromatic carbocycles. The van der Waals surface area contributed by atoms with Crippen molar-refractivity contribution in [2.75, 3.05) is 13.1 Å². The van der Waals surface area contributed by atoms with Gasteiger partial charge in [-0.15, -0.1) is 0 Å². The molecular weight excluding hydrogens is 311 g/mol. The van der Waals surface area contributed by atoms with Gasteiger partial charge in [-0.05, 0) is 57.9 Å². The molecule has 0 bridgehead atoms. The third-order valence-electron chi connectivity index (χ3n) is 4.01. The van der Waals surface area contributed by atoms with Crippen molar-refractivity contribution in [2.45, 2.75) is 45.3 Å². The van der Waals surface area contributed by atoms with Crippen LogP contribution in [0.1, 0.15) is 45.2 Å². The molecule has 5 nitrogen and oxygen atoms in total. The number of hydrogen-bond acceptors (Lipinski definition) is 4. The predicted octanol–water partition coefficient (Wildman–Crippen LogP) is 2.41. The molecule has 2 N–H and O–H groups in total. The average Bonchev–Trinajstić information content (AvgIpc) is 2.48. The average molecular weight is 336 g/mol. The molecule has 2 atom stereocenters. The van der Waals surface area contributed by atoms with Crippen molar-refractivity contribution in [2.24, 2.45) is 11.7 Å². The van der Waals surface area contributed by atoms with E-state index in [4.69, 9.17) is 10.5 Å². The smallest absolute Gasteiger partial charge is 0.310 e. The van der Waals surface area contributed by atoms with Gasteiger partial charge in [-0.25, -0.2) is 4.39 Å². The zero-order chi connectivity index (χ0) is 17.9. The van der Waals surface area contributed by atoms with Crippen LogP contribution in [0.3, 0.4) is 0 Å². The van der Waals surface area contributed by atoms with Gasteiger partial charge in [0, 0.05) is 6.54 Å². The van der Waals surface area contributed by atoms with Gasteiger partial charge in [-0.2, -0.15) is 0 Å². The van der Waals surface area contributed by atoms with Crippen LogP contribution in [0.15, 0.2) is 24.3 Å². The molecule has 0 aromatic heterocycles. The maximum Gasteiger partial charge on any atom is 0.310 e. The molecule has 0 unspecified atom stereocenters. The maximum absolute atomic E-state index is 13.1. The fourth-order valence-corrected chi connectivity index (χ4v) is 3.02. The van der Waals surface area contributed by atoms with E-state index in [0.29, 0.717) is 18.7 Å². The molecule has 1 aliphatic rings. The molecule has 0 spiro atoms. The Labute approximate surface area is 142 Å². The number of ether oxygens (including phenoxy) is 1. The summed E-state index contributed by atoms with van der Waals surface area (Å²) in [6, 6.07) is 5.06. The van der Waals surface area contributed by atoms with Crippen LogP contribution in [0.4, 0.5) is 4.39 Å². The standard InChI is InChI=1S/C18H25FN2O3/c1-18(2,3)24-17(23)13-5-4-10-21(11-13)15(16(20)22)12-6-8-14(19)9-7-12/h6-9,13,15H,4-5,10-11H2,1-3H3,(H2,20,22)/t13-,15-/m0/s1. The number of nitrogens with two attached hydrogens (primary N) is 1. The molecule has 1 amide bonds. The third-order valence-corrected chi connectivity index (χ3v) is 4.01. The SMILES string of the molecule is CC(C)(C)OC(=O)[C@H]1CCCN([C@H](C(N)=O)c2ccc(F)cc2)C1. The van der Waals surface area contributed by atoms with Crippen molar-refractivity contribution in [3.63, 3.8) is 0 Å². The molecule has 2 rings (SSSR count). The van der Waals surface area contributed by atoms with E-state index < -0.39 is 17.6 Å². The number of esters is 1. The highest BCUT2D eigenvalue weighted by Gasteiger charge is 2.35. The topological polar surface area (TPSA) is 72.6 Å². The number of rotatable bonds is 4. The molecule has 24 heavy (non-hydrogen) atoms. The summed E-state index contributed by atoms with van der Waals surface area (Å²) in [6.07, 6.45) is 1.50. The summed E-state index contributed by atoms with van der Waals surface area (Å²) in [5.74, 6) is -1.42. The van der Waals surface area contributed by atoms with Crippen LogP contribution < -0.4 is 5.73 Å². The lowest BCUT2D eigenvalue weighted by molar-refractivity contribution is -0.162. The Balaban J connectivity index is 2.14. The minimum Gasteiger partial charge on any atom is -0.460 e. The summed E-state index contributed by atoms with van der Waals surface area (Å²) in [5.41, 5.74) is 5.66. The van der Waals surface area contributed by atoms with Gasteiger partial charge < -0.3 is 10.5 Å². The largest absolute Gasteiger partial charge is 0.460 e. The van der Waals surface area contributed by atoms with Gasteiger partial charge >= 0.3 is 5.97 Å². The van der Waals surface area contributed by atoms with Crippen molar-refractivity contribution < 1.29 is 18.7 Å². The number of benzene rings is 1. The number of nitrogens with zero attached hydrogens (tertiary/aromatic N) is 1. The molecule has 0 saturated carbocycles. The van der Waals surface area contributed by atoms with Gasteiger partial charge in [0.15, 0.2) is 0 Å². The quantitative estimate of drug-likeness (QED) is 0.857. The summed E-state index contributed by atoms with van der Waals surface area (Å²) in [4.78, 5) is 26.2. The van der Waals surface area contributed by atoms with E-state index in [1.807, 2.05) is 25.7 Å². The van der Waals surface area contributed by atoms with Crippen molar-refractivity contribution >= 4 is 11.9 Å². The number of carbonyl (C=O) groups is 2. The highest BCUT2D eigenvalue weighted by molar-refractivity contribution is 5.81. The minimum atomic E-state index is -0.671. The molecule has 1 aromatic rings. The van der Waals surface area contributed by atoms with Crippen LogP contribution in [-0.4, -0.2) is 35.5 Å². The van der Waals surface area contributed by atoms with E-state index in [-0.39, 0.29) is 17.7 Å². The van der Waals surface area contributed by atoms with Crippen molar-refractivity contribution in [1.82, 2.24) is 4.90 Å². The molecule has 1 fully saturated rings. The minimum absolute atomic E-state index is 0.255. The molecular formula is C18H25FN2O3. The second-order valence-electron chi connectivity index (χ2n) is 7.22. The number of amides is 1. The third kappa shape index (κ3) is 4.77. The Morgan fingerprint density at radius 1 is 1.29 bits per heavy atom. The van der Waals surface area contributed by atoms with Crippen molar-refractivity contribution in [1.29, 1.82) is 0 Å². The van der Waals surface area contributed by atoms with Gasteiger partial charge in [-0.1, -0.05) is 12.1 Å². The van der Waals surface area contributed by atoms with E-state index in [9.17, 15) is 14.0 Å². The van der Waals surface area contributed by atoms with Gasteiger partial charge in [0.05, 0.1) is 5.92 Å². The van der Waals surface area contributed by atoms with Gasteiger partial charge in [-0.3, -0.25) is 14.5 Å². The highest BCUT2D eigenvalue weighted by atomic mass is 19.1. The highest BCUT2D eigenvalue weighted by Crippen LogP contribution is 2.28. The summed E-state index contributed by atoms with van der Waals surface area (Å²) in [7, 11) is 0. The van der Waals surface area contributed by atoms with E-state index in [0.717, 1.165) is 12.8 Å². The van der Waals surface area contributed by atoms with Crippen molar-refractivity contribution in [3.8, 4) is 0 Å². The normalized spacial score (nSPS) is 20.4. The molecule has 1 saturated heterocycles. The van der Waals surface area contributed by atoms with Gasteiger partial charge in [0.25, 0.3) is 0 Å². The first kappa shape index (κ1) is 18.4. The first-order chi connectivity index (χ1) is 11.2. The number of piperidine rings is 1. The molecule has 1 heterocycles. The van der Waals surface area contributed by atoms with Gasteiger partial charge in [0.1, 0.15) is 17.5 Å². The Bertz CT molecular complexity index is 595. The Kier molecular flexibility index (Phi) is 5.59. The Morgan fingerprint density at radius 2 is 1.92 bits per heavy atom. The van der Waals surface area contributed by atoms with Crippen LogP contribution in [-0.2, 0) is 14.3 Å². The Hall–Kier alpha value is -1.95. The summed E-state index contributed by atoms with van der Waals surface area (Å²) in [6.45, 7) is 6.55. The molecule has 0 radical (unpaired) electrons. The van der Waals surface area contributed by atoms with Crippen molar-refractivity contribution in [3.05, 3.63) is 35.6 Å². The van der Waals surface area contributed by atoms with Crippen LogP contribution in [0, 0.1) is 11.7 Å². The molecule has 1 aliphatic heterocycles. The first-order valence-corrected chi connectivity index (χ1v) is 8.19. The number of likely N-dealkylation sites (tertiary alicyclic amines) is 1. The number of hydrogen-bond donors (Lipinski definition) is 1. The van der Waals surface area contributed by atoms with Crippen LogP contribution in [0.25, 0.3) is 0 Å². The zero-order valence-electron chi connectivity index (χ0n) is 14.4. The van der Waals surface area contributed by atoms with E-state index >= 15 is 0 Å². The lowest BCUT2D eigenvalue weighted by atomic mass is 9.94. The summed E-state index contributed by atoms with van der Waals surface area (Å²) in [5, 5.41) is 0. The first-order valence-electron chi connectivity index (χ1n) is 8.19.